The Kier molecular flexibility index (Phi) is 5.93. The molecule has 2 aromatic carbocycles. The monoisotopic (exact) mass is 482 g/mol. The summed E-state index contributed by atoms with van der Waals surface area (Å²) in [6.07, 6.45) is -3.40. The van der Waals surface area contributed by atoms with E-state index < -0.39 is 32.6 Å². The summed E-state index contributed by atoms with van der Waals surface area (Å²) in [6.45, 7) is 0.251. The van der Waals surface area contributed by atoms with Gasteiger partial charge in [0.2, 0.25) is 21.8 Å². The van der Waals surface area contributed by atoms with Crippen LogP contribution in [0.5, 0.6) is 0 Å². The number of halogens is 3. The van der Waals surface area contributed by atoms with E-state index in [2.05, 4.69) is 10.2 Å². The molecule has 4 rings (SSSR count). The topological polar surface area (TPSA) is 119 Å². The maximum absolute atomic E-state index is 13.0. The van der Waals surface area contributed by atoms with E-state index in [1.807, 2.05) is 0 Å². The van der Waals surface area contributed by atoms with Gasteiger partial charge in [0, 0.05) is 30.8 Å². The Morgan fingerprint density at radius 2 is 1.85 bits per heavy atom. The summed E-state index contributed by atoms with van der Waals surface area (Å²) >= 11 is 0. The molecule has 0 bridgehead atoms. The molecule has 174 valence electrons. The molecule has 1 unspecified atom stereocenters. The fourth-order valence-corrected chi connectivity index (χ4v) is 5.15. The van der Waals surface area contributed by atoms with Crippen LogP contribution in [0.25, 0.3) is 11.5 Å². The van der Waals surface area contributed by atoms with Crippen LogP contribution in [0.3, 0.4) is 0 Å². The van der Waals surface area contributed by atoms with Crippen molar-refractivity contribution in [2.75, 3.05) is 13.1 Å². The highest BCUT2D eigenvalue weighted by Gasteiger charge is 2.34. The van der Waals surface area contributed by atoms with Crippen LogP contribution >= 0.6 is 0 Å². The van der Waals surface area contributed by atoms with Crippen LogP contribution in [0.1, 0.15) is 30.2 Å². The number of hydrogen-bond acceptors (Lipinski definition) is 7. The molecule has 1 atom stereocenters. The number of piperidine rings is 1. The van der Waals surface area contributed by atoms with Crippen LogP contribution in [0, 0.1) is 10.1 Å². The second kappa shape index (κ2) is 8.56. The van der Waals surface area contributed by atoms with Crippen molar-refractivity contribution in [3.8, 4) is 11.5 Å². The molecule has 1 aliphatic heterocycles. The van der Waals surface area contributed by atoms with Gasteiger partial charge >= 0.3 is 6.18 Å². The van der Waals surface area contributed by atoms with E-state index in [1.54, 1.807) is 0 Å². The molecule has 9 nitrogen and oxygen atoms in total. The first-order valence-corrected chi connectivity index (χ1v) is 11.3. The number of aromatic nitrogens is 2. The lowest BCUT2D eigenvalue weighted by Gasteiger charge is -2.30. The van der Waals surface area contributed by atoms with Crippen molar-refractivity contribution < 1.29 is 30.9 Å². The predicted molar refractivity (Wildman–Crippen MR) is 109 cm³/mol. The highest BCUT2D eigenvalue weighted by molar-refractivity contribution is 7.89. The smallest absolute Gasteiger partial charge is 0.416 e. The molecule has 0 saturated carbocycles. The fourth-order valence-electron chi connectivity index (χ4n) is 3.59. The van der Waals surface area contributed by atoms with Gasteiger partial charge in [0.05, 0.1) is 21.3 Å². The Hall–Kier alpha value is -3.32. The lowest BCUT2D eigenvalue weighted by atomic mass is 10.00. The molecule has 13 heteroatoms. The third-order valence-corrected chi connectivity index (χ3v) is 7.16. The van der Waals surface area contributed by atoms with Crippen molar-refractivity contribution >= 4 is 15.7 Å². The molecule has 3 aromatic rings. The van der Waals surface area contributed by atoms with Crippen LogP contribution in [-0.2, 0) is 16.2 Å². The molecule has 0 spiro atoms. The fraction of sp³-hybridized carbons (Fsp3) is 0.300. The average molecular weight is 482 g/mol. The molecular formula is C20H17F3N4O5S. The van der Waals surface area contributed by atoms with Gasteiger partial charge in [-0.3, -0.25) is 10.1 Å². The lowest BCUT2D eigenvalue weighted by Crippen LogP contribution is -2.39. The van der Waals surface area contributed by atoms with E-state index in [-0.39, 0.29) is 35.5 Å². The first-order chi connectivity index (χ1) is 15.6. The number of nitrogens with zero attached hydrogens (tertiary/aromatic N) is 4. The number of nitro groups is 1. The number of sulfonamides is 1. The molecule has 33 heavy (non-hydrogen) atoms. The molecule has 0 radical (unpaired) electrons. The second-order valence-electron chi connectivity index (χ2n) is 7.48. The standard InChI is InChI=1S/C20H17F3N4O5S/c21-20(22,23)15-8-6-13(7-9-15)18-24-25-19(32-18)14-3-2-10-26(12-14)33(30,31)17-5-1-4-16(11-17)27(28)29/h1,4-9,11,14H,2-3,10,12H2. The molecule has 1 fully saturated rings. The van der Waals surface area contributed by atoms with Crippen LogP contribution in [-0.4, -0.2) is 40.9 Å². The van der Waals surface area contributed by atoms with Gasteiger partial charge in [-0.2, -0.15) is 17.5 Å². The summed E-state index contributed by atoms with van der Waals surface area (Å²) in [4.78, 5) is 10.1. The molecule has 1 saturated heterocycles. The molecule has 0 N–H and O–H groups in total. The zero-order valence-corrected chi connectivity index (χ0v) is 17.7. The van der Waals surface area contributed by atoms with E-state index >= 15 is 0 Å². The van der Waals surface area contributed by atoms with Crippen molar-refractivity contribution in [1.29, 1.82) is 0 Å². The highest BCUT2D eigenvalue weighted by Crippen LogP contribution is 2.33. The van der Waals surface area contributed by atoms with Gasteiger partial charge in [0.25, 0.3) is 5.69 Å². The van der Waals surface area contributed by atoms with Crippen LogP contribution in [0.4, 0.5) is 18.9 Å². The van der Waals surface area contributed by atoms with E-state index in [1.165, 1.54) is 34.6 Å². The van der Waals surface area contributed by atoms with Gasteiger partial charge in [0.1, 0.15) is 0 Å². The Balaban J connectivity index is 1.53. The number of nitro benzene ring substituents is 1. The Morgan fingerprint density at radius 1 is 1.12 bits per heavy atom. The Bertz CT molecular complexity index is 1280. The normalized spacial score (nSPS) is 17.7. The van der Waals surface area contributed by atoms with Gasteiger partial charge in [-0.05, 0) is 43.2 Å². The number of non-ortho nitro benzene ring substituents is 1. The third kappa shape index (κ3) is 4.73. The maximum Gasteiger partial charge on any atom is 0.416 e. The van der Waals surface area contributed by atoms with Crippen LogP contribution in [0.2, 0.25) is 0 Å². The zero-order chi connectivity index (χ0) is 23.8. The quantitative estimate of drug-likeness (QED) is 0.394. The van der Waals surface area contributed by atoms with Gasteiger partial charge < -0.3 is 4.42 Å². The minimum absolute atomic E-state index is 0.0254. The van der Waals surface area contributed by atoms with E-state index in [9.17, 15) is 31.7 Å². The summed E-state index contributed by atoms with van der Waals surface area (Å²) in [5, 5.41) is 18.8. The molecular weight excluding hydrogens is 465 g/mol. The number of rotatable bonds is 5. The number of hydrogen-bond donors (Lipinski definition) is 0. The second-order valence-corrected chi connectivity index (χ2v) is 9.42. The summed E-state index contributed by atoms with van der Waals surface area (Å²) < 4.78 is 71.1. The molecule has 0 amide bonds. The SMILES string of the molecule is O=[N+]([O-])c1cccc(S(=O)(=O)N2CCCC(c3nnc(-c4ccc(C(F)(F)F)cc4)o3)C2)c1. The van der Waals surface area contributed by atoms with E-state index in [4.69, 9.17) is 4.42 Å². The summed E-state index contributed by atoms with van der Waals surface area (Å²) in [5.74, 6) is -0.232. The minimum atomic E-state index is -4.46. The third-order valence-electron chi connectivity index (χ3n) is 5.30. The average Bonchev–Trinajstić information content (AvgIpc) is 3.29. The maximum atomic E-state index is 13.0. The Morgan fingerprint density at radius 3 is 2.52 bits per heavy atom. The Labute approximate surface area is 186 Å². The van der Waals surface area contributed by atoms with Gasteiger partial charge in [-0.15, -0.1) is 10.2 Å². The largest absolute Gasteiger partial charge is 0.420 e. The van der Waals surface area contributed by atoms with Gasteiger partial charge in [-0.1, -0.05) is 6.07 Å². The van der Waals surface area contributed by atoms with Gasteiger partial charge in [0.15, 0.2) is 0 Å². The first kappa shape index (κ1) is 22.9. The molecule has 2 heterocycles. The summed E-state index contributed by atoms with van der Waals surface area (Å²) in [7, 11) is -3.99. The van der Waals surface area contributed by atoms with Crippen molar-refractivity contribution in [3.63, 3.8) is 0 Å². The van der Waals surface area contributed by atoms with Crippen molar-refractivity contribution in [2.24, 2.45) is 0 Å². The first-order valence-electron chi connectivity index (χ1n) is 9.81. The highest BCUT2D eigenvalue weighted by atomic mass is 32.2. The van der Waals surface area contributed by atoms with Gasteiger partial charge in [-0.25, -0.2) is 8.42 Å². The summed E-state index contributed by atoms with van der Waals surface area (Å²) in [6, 6.07) is 9.08. The number of alkyl halides is 3. The molecule has 0 aliphatic carbocycles. The van der Waals surface area contributed by atoms with Crippen LogP contribution in [0.15, 0.2) is 57.8 Å². The number of benzene rings is 2. The van der Waals surface area contributed by atoms with Crippen molar-refractivity contribution in [1.82, 2.24) is 14.5 Å². The lowest BCUT2D eigenvalue weighted by molar-refractivity contribution is -0.385. The molecule has 1 aliphatic rings. The van der Waals surface area contributed by atoms with Crippen LogP contribution < -0.4 is 0 Å². The zero-order valence-electron chi connectivity index (χ0n) is 16.9. The van der Waals surface area contributed by atoms with E-state index in [0.717, 1.165) is 18.2 Å². The molecule has 1 aromatic heterocycles. The predicted octanol–water partition coefficient (Wildman–Crippen LogP) is 4.23. The minimum Gasteiger partial charge on any atom is -0.420 e. The summed E-state index contributed by atoms with van der Waals surface area (Å²) in [5.41, 5.74) is -0.832. The van der Waals surface area contributed by atoms with E-state index in [0.29, 0.717) is 18.4 Å². The van der Waals surface area contributed by atoms with Crippen molar-refractivity contribution in [3.05, 3.63) is 70.1 Å². The van der Waals surface area contributed by atoms with Crippen molar-refractivity contribution in [2.45, 2.75) is 29.8 Å².